The Morgan fingerprint density at radius 1 is 0.966 bits per heavy atom. The zero-order valence-electron chi connectivity index (χ0n) is 15.2. The molecular formula is C21H17FN2O5. The van der Waals surface area contributed by atoms with E-state index in [9.17, 15) is 18.8 Å². The predicted molar refractivity (Wildman–Crippen MR) is 102 cm³/mol. The number of hydrogen-bond donors (Lipinski definition) is 2. The monoisotopic (exact) mass is 396 g/mol. The average Bonchev–Trinajstić information content (AvgIpc) is 3.27. The van der Waals surface area contributed by atoms with Crippen LogP contribution in [0.1, 0.15) is 26.5 Å². The molecule has 0 aliphatic heterocycles. The minimum Gasteiger partial charge on any atom is -0.459 e. The summed E-state index contributed by atoms with van der Waals surface area (Å²) in [6.45, 7) is -0.503. The molecule has 0 saturated carbocycles. The number of amides is 2. The summed E-state index contributed by atoms with van der Waals surface area (Å²) in [7, 11) is 0. The topological polar surface area (TPSA) is 97.6 Å². The summed E-state index contributed by atoms with van der Waals surface area (Å²) in [5.74, 6) is -1.94. The van der Waals surface area contributed by atoms with E-state index in [1.807, 2.05) is 0 Å². The molecule has 0 aliphatic rings. The van der Waals surface area contributed by atoms with Gasteiger partial charge in [-0.15, -0.1) is 0 Å². The molecule has 0 bridgehead atoms. The lowest BCUT2D eigenvalue weighted by Gasteiger charge is -2.08. The van der Waals surface area contributed by atoms with Gasteiger partial charge in [-0.3, -0.25) is 9.59 Å². The van der Waals surface area contributed by atoms with E-state index in [1.54, 1.807) is 24.3 Å². The normalized spacial score (nSPS) is 10.2. The number of anilines is 1. The van der Waals surface area contributed by atoms with Crippen molar-refractivity contribution in [2.24, 2.45) is 0 Å². The molecule has 0 atom stereocenters. The fourth-order valence-electron chi connectivity index (χ4n) is 2.39. The molecular weight excluding hydrogens is 379 g/mol. The van der Waals surface area contributed by atoms with Crippen molar-refractivity contribution in [2.45, 2.75) is 6.54 Å². The highest BCUT2D eigenvalue weighted by atomic mass is 19.1. The van der Waals surface area contributed by atoms with Crippen LogP contribution in [-0.2, 0) is 16.1 Å². The number of rotatable bonds is 7. The number of hydrogen-bond acceptors (Lipinski definition) is 5. The SMILES string of the molecule is O=C(COC(=O)c1ccc(NC(=O)c2ccco2)cc1)NCc1ccccc1F. The largest absolute Gasteiger partial charge is 0.459 e. The molecule has 3 aromatic rings. The Morgan fingerprint density at radius 2 is 1.72 bits per heavy atom. The third kappa shape index (κ3) is 5.52. The minimum atomic E-state index is -0.699. The fraction of sp³-hybridized carbons (Fsp3) is 0.0952. The van der Waals surface area contributed by atoms with Crippen LogP contribution >= 0.6 is 0 Å². The van der Waals surface area contributed by atoms with Crippen LogP contribution < -0.4 is 10.6 Å². The molecule has 3 rings (SSSR count). The third-order valence-electron chi connectivity index (χ3n) is 3.89. The number of ether oxygens (including phenoxy) is 1. The Kier molecular flexibility index (Phi) is 6.36. The maximum Gasteiger partial charge on any atom is 0.338 e. The number of carbonyl (C=O) groups excluding carboxylic acids is 3. The second kappa shape index (κ2) is 9.32. The standard InChI is InChI=1S/C21H17FN2O5/c22-17-5-2-1-4-15(17)12-23-19(25)13-29-21(27)14-7-9-16(10-8-14)24-20(26)18-6-3-11-28-18/h1-11H,12-13H2,(H,23,25)(H,24,26). The Hall–Kier alpha value is -3.94. The lowest BCUT2D eigenvalue weighted by Crippen LogP contribution is -2.28. The van der Waals surface area contributed by atoms with E-state index >= 15 is 0 Å². The molecule has 2 N–H and O–H groups in total. The molecule has 2 amide bonds. The van der Waals surface area contributed by atoms with Crippen molar-refractivity contribution >= 4 is 23.5 Å². The van der Waals surface area contributed by atoms with Gasteiger partial charge in [0.15, 0.2) is 12.4 Å². The number of furan rings is 1. The summed E-state index contributed by atoms with van der Waals surface area (Å²) in [4.78, 5) is 35.7. The van der Waals surface area contributed by atoms with E-state index in [1.165, 1.54) is 42.7 Å². The summed E-state index contributed by atoms with van der Waals surface area (Å²) in [6, 6.07) is 15.1. The van der Waals surface area contributed by atoms with E-state index < -0.39 is 30.2 Å². The molecule has 0 radical (unpaired) electrons. The number of halogens is 1. The van der Waals surface area contributed by atoms with Gasteiger partial charge in [0.25, 0.3) is 11.8 Å². The van der Waals surface area contributed by atoms with Gasteiger partial charge in [-0.25, -0.2) is 9.18 Å². The maximum atomic E-state index is 13.5. The molecule has 1 aromatic heterocycles. The van der Waals surface area contributed by atoms with E-state index in [4.69, 9.17) is 9.15 Å². The molecule has 0 unspecified atom stereocenters. The van der Waals surface area contributed by atoms with Crippen molar-refractivity contribution in [3.8, 4) is 0 Å². The molecule has 2 aromatic carbocycles. The molecule has 8 heteroatoms. The summed E-state index contributed by atoms with van der Waals surface area (Å²) in [6.07, 6.45) is 1.39. The van der Waals surface area contributed by atoms with Gasteiger partial charge in [0, 0.05) is 17.8 Å². The van der Waals surface area contributed by atoms with Gasteiger partial charge in [-0.2, -0.15) is 0 Å². The van der Waals surface area contributed by atoms with Crippen LogP contribution in [0.25, 0.3) is 0 Å². The number of esters is 1. The fourth-order valence-corrected chi connectivity index (χ4v) is 2.39. The highest BCUT2D eigenvalue weighted by Gasteiger charge is 2.12. The van der Waals surface area contributed by atoms with Crippen LogP contribution in [0.3, 0.4) is 0 Å². The Labute approximate surface area is 165 Å². The highest BCUT2D eigenvalue weighted by Crippen LogP contribution is 2.12. The summed E-state index contributed by atoms with van der Waals surface area (Å²) in [5.41, 5.74) is 1.01. The van der Waals surface area contributed by atoms with Crippen LogP contribution in [0.2, 0.25) is 0 Å². The molecule has 0 spiro atoms. The summed E-state index contributed by atoms with van der Waals surface area (Å²) < 4.78 is 23.4. The summed E-state index contributed by atoms with van der Waals surface area (Å²) in [5, 5.41) is 5.10. The molecule has 148 valence electrons. The minimum absolute atomic E-state index is 0.00682. The van der Waals surface area contributed by atoms with Crippen LogP contribution in [0, 0.1) is 5.82 Å². The predicted octanol–water partition coefficient (Wildman–Crippen LogP) is 3.14. The summed E-state index contributed by atoms with van der Waals surface area (Å²) >= 11 is 0. The Bertz CT molecular complexity index is 1000. The first kappa shape index (κ1) is 19.8. The van der Waals surface area contributed by atoms with Crippen molar-refractivity contribution < 1.29 is 27.9 Å². The Balaban J connectivity index is 1.46. The van der Waals surface area contributed by atoms with Crippen molar-refractivity contribution in [3.63, 3.8) is 0 Å². The van der Waals surface area contributed by atoms with Crippen molar-refractivity contribution in [1.29, 1.82) is 0 Å². The van der Waals surface area contributed by atoms with Gasteiger partial charge in [-0.1, -0.05) is 18.2 Å². The van der Waals surface area contributed by atoms with E-state index in [-0.39, 0.29) is 17.9 Å². The molecule has 1 heterocycles. The quantitative estimate of drug-likeness (QED) is 0.598. The molecule has 0 aliphatic carbocycles. The van der Waals surface area contributed by atoms with Gasteiger partial charge in [0.05, 0.1) is 11.8 Å². The van der Waals surface area contributed by atoms with Gasteiger partial charge < -0.3 is 19.8 Å². The first-order valence-electron chi connectivity index (χ1n) is 8.65. The van der Waals surface area contributed by atoms with Gasteiger partial charge in [-0.05, 0) is 42.5 Å². The lowest BCUT2D eigenvalue weighted by atomic mass is 10.2. The van der Waals surface area contributed by atoms with Crippen molar-refractivity contribution in [2.75, 3.05) is 11.9 Å². The smallest absolute Gasteiger partial charge is 0.338 e. The first-order valence-corrected chi connectivity index (χ1v) is 8.65. The van der Waals surface area contributed by atoms with Gasteiger partial charge in [0.1, 0.15) is 5.82 Å². The van der Waals surface area contributed by atoms with E-state index in [0.29, 0.717) is 11.3 Å². The first-order chi connectivity index (χ1) is 14.0. The Morgan fingerprint density at radius 3 is 2.41 bits per heavy atom. The van der Waals surface area contributed by atoms with Crippen molar-refractivity contribution in [3.05, 3.63) is 89.6 Å². The number of benzene rings is 2. The molecule has 29 heavy (non-hydrogen) atoms. The van der Waals surface area contributed by atoms with E-state index in [0.717, 1.165) is 0 Å². The van der Waals surface area contributed by atoms with Crippen LogP contribution in [0.15, 0.2) is 71.3 Å². The molecule has 0 saturated heterocycles. The van der Waals surface area contributed by atoms with Gasteiger partial charge in [0.2, 0.25) is 0 Å². The lowest BCUT2D eigenvalue weighted by molar-refractivity contribution is -0.124. The van der Waals surface area contributed by atoms with Gasteiger partial charge >= 0.3 is 5.97 Å². The third-order valence-corrected chi connectivity index (χ3v) is 3.89. The highest BCUT2D eigenvalue weighted by molar-refractivity contribution is 6.02. The average molecular weight is 396 g/mol. The zero-order chi connectivity index (χ0) is 20.6. The molecule has 0 fully saturated rings. The van der Waals surface area contributed by atoms with Crippen molar-refractivity contribution in [1.82, 2.24) is 5.32 Å². The second-order valence-electron chi connectivity index (χ2n) is 5.95. The van der Waals surface area contributed by atoms with Crippen LogP contribution in [0.4, 0.5) is 10.1 Å². The maximum absolute atomic E-state index is 13.5. The second-order valence-corrected chi connectivity index (χ2v) is 5.95. The number of nitrogens with one attached hydrogen (secondary N) is 2. The molecule has 7 nitrogen and oxygen atoms in total. The van der Waals surface area contributed by atoms with Crippen LogP contribution in [0.5, 0.6) is 0 Å². The van der Waals surface area contributed by atoms with E-state index in [2.05, 4.69) is 10.6 Å². The number of carbonyl (C=O) groups is 3. The zero-order valence-corrected chi connectivity index (χ0v) is 15.2. The van der Waals surface area contributed by atoms with Crippen LogP contribution in [-0.4, -0.2) is 24.4 Å².